The molecule has 0 atom stereocenters. The minimum atomic E-state index is -0.294. The molecule has 0 unspecified atom stereocenters. The Bertz CT molecular complexity index is 506. The Kier molecular flexibility index (Phi) is 4.96. The highest BCUT2D eigenvalue weighted by atomic mass is 16.2. The number of nitrogen functional groups attached to an aromatic ring is 1. The molecule has 0 spiro atoms. The van der Waals surface area contributed by atoms with Crippen LogP contribution in [0.5, 0.6) is 0 Å². The van der Waals surface area contributed by atoms with Crippen molar-refractivity contribution in [1.82, 2.24) is 10.6 Å². The fourth-order valence-electron chi connectivity index (χ4n) is 1.68. The van der Waals surface area contributed by atoms with Gasteiger partial charge in [-0.1, -0.05) is 0 Å². The smallest absolute Gasteiger partial charge is 0.253 e. The molecule has 5 N–H and O–H groups in total. The van der Waals surface area contributed by atoms with Gasteiger partial charge in [-0.15, -0.1) is 0 Å². The Hall–Kier alpha value is -2.24. The predicted octanol–water partition coefficient (Wildman–Crippen LogP) is 0.955. The van der Waals surface area contributed by atoms with Crippen LogP contribution in [0.1, 0.15) is 31.1 Å². The zero-order valence-electron chi connectivity index (χ0n) is 12.3. The number of hydrogen-bond donors (Lipinski definition) is 4. The topological polar surface area (TPSA) is 96.2 Å². The number of amides is 2. The van der Waals surface area contributed by atoms with Gasteiger partial charge >= 0.3 is 0 Å². The van der Waals surface area contributed by atoms with Gasteiger partial charge in [-0.25, -0.2) is 0 Å². The molecule has 0 aliphatic heterocycles. The molecule has 0 aliphatic carbocycles. The summed E-state index contributed by atoms with van der Waals surface area (Å²) >= 11 is 0. The lowest BCUT2D eigenvalue weighted by molar-refractivity contribution is -0.120. The van der Waals surface area contributed by atoms with Gasteiger partial charge in [0.2, 0.25) is 5.91 Å². The number of carbonyl (C=O) groups excluding carboxylic acids is 2. The molecule has 0 aliphatic rings. The van der Waals surface area contributed by atoms with E-state index in [1.54, 1.807) is 25.2 Å². The van der Waals surface area contributed by atoms with Gasteiger partial charge in [0.05, 0.1) is 12.1 Å². The third kappa shape index (κ3) is 4.79. The second kappa shape index (κ2) is 6.27. The van der Waals surface area contributed by atoms with Crippen molar-refractivity contribution < 1.29 is 9.59 Å². The van der Waals surface area contributed by atoms with Crippen molar-refractivity contribution in [2.45, 2.75) is 26.3 Å². The van der Waals surface area contributed by atoms with E-state index in [9.17, 15) is 9.59 Å². The average molecular weight is 278 g/mol. The first kappa shape index (κ1) is 15.8. The highest BCUT2D eigenvalue weighted by molar-refractivity contribution is 6.00. The van der Waals surface area contributed by atoms with Crippen LogP contribution in [0.15, 0.2) is 18.2 Å². The zero-order valence-corrected chi connectivity index (χ0v) is 12.3. The maximum atomic E-state index is 11.8. The highest BCUT2D eigenvalue weighted by Gasteiger charge is 2.15. The largest absolute Gasteiger partial charge is 0.399 e. The quantitative estimate of drug-likeness (QED) is 0.617. The number of benzene rings is 1. The summed E-state index contributed by atoms with van der Waals surface area (Å²) in [5.74, 6) is -0.383. The Morgan fingerprint density at radius 3 is 2.45 bits per heavy atom. The maximum Gasteiger partial charge on any atom is 0.253 e. The Morgan fingerprint density at radius 2 is 1.90 bits per heavy atom. The molecular formula is C14H22N4O2. The number of nitrogens with one attached hydrogen (secondary N) is 3. The van der Waals surface area contributed by atoms with Crippen molar-refractivity contribution in [2.24, 2.45) is 0 Å². The lowest BCUT2D eigenvalue weighted by Crippen LogP contribution is -2.43. The zero-order chi connectivity index (χ0) is 15.3. The summed E-state index contributed by atoms with van der Waals surface area (Å²) in [6.45, 7) is 5.79. The molecule has 1 rings (SSSR count). The van der Waals surface area contributed by atoms with Gasteiger partial charge in [-0.3, -0.25) is 9.59 Å². The molecule has 110 valence electrons. The standard InChI is InChI=1S/C14H22N4O2/c1-14(2,3)18-12(19)8-17-11-7-9(15)5-6-10(11)13(20)16-4/h5-7,17H,8,15H2,1-4H3,(H,16,20)(H,18,19). The molecule has 20 heavy (non-hydrogen) atoms. The summed E-state index contributed by atoms with van der Waals surface area (Å²) in [5, 5.41) is 8.32. The van der Waals surface area contributed by atoms with E-state index in [0.29, 0.717) is 16.9 Å². The van der Waals surface area contributed by atoms with E-state index in [0.717, 1.165) is 0 Å². The van der Waals surface area contributed by atoms with E-state index >= 15 is 0 Å². The molecule has 1 aromatic carbocycles. The average Bonchev–Trinajstić information content (AvgIpc) is 2.33. The normalized spacial score (nSPS) is 10.8. The molecule has 0 heterocycles. The number of rotatable bonds is 4. The van der Waals surface area contributed by atoms with Crippen LogP contribution in [-0.2, 0) is 4.79 Å². The van der Waals surface area contributed by atoms with Gasteiger partial charge in [0.15, 0.2) is 0 Å². The van der Waals surface area contributed by atoms with Crippen LogP contribution in [0.3, 0.4) is 0 Å². The second-order valence-corrected chi connectivity index (χ2v) is 5.54. The van der Waals surface area contributed by atoms with E-state index < -0.39 is 0 Å². The summed E-state index contributed by atoms with van der Waals surface area (Å²) in [4.78, 5) is 23.5. The fourth-order valence-corrected chi connectivity index (χ4v) is 1.68. The minimum Gasteiger partial charge on any atom is -0.399 e. The van der Waals surface area contributed by atoms with Crippen LogP contribution in [0.4, 0.5) is 11.4 Å². The fraction of sp³-hybridized carbons (Fsp3) is 0.429. The van der Waals surface area contributed by atoms with E-state index in [2.05, 4.69) is 16.0 Å². The molecule has 6 heteroatoms. The van der Waals surface area contributed by atoms with Crippen molar-refractivity contribution in [1.29, 1.82) is 0 Å². The van der Waals surface area contributed by atoms with Crippen molar-refractivity contribution in [3.05, 3.63) is 23.8 Å². The van der Waals surface area contributed by atoms with Gasteiger partial charge in [0.25, 0.3) is 5.91 Å². The van der Waals surface area contributed by atoms with Crippen LogP contribution in [0.2, 0.25) is 0 Å². The first-order valence-corrected chi connectivity index (χ1v) is 6.39. The predicted molar refractivity (Wildman–Crippen MR) is 80.6 cm³/mol. The molecular weight excluding hydrogens is 256 g/mol. The van der Waals surface area contributed by atoms with Gasteiger partial charge in [-0.05, 0) is 39.0 Å². The molecule has 0 saturated heterocycles. The number of anilines is 2. The molecule has 0 bridgehead atoms. The van der Waals surface area contributed by atoms with Crippen molar-refractivity contribution in [2.75, 3.05) is 24.6 Å². The summed E-state index contributed by atoms with van der Waals surface area (Å²) in [7, 11) is 1.55. The van der Waals surface area contributed by atoms with E-state index in [-0.39, 0.29) is 23.9 Å². The van der Waals surface area contributed by atoms with Crippen molar-refractivity contribution >= 4 is 23.2 Å². The van der Waals surface area contributed by atoms with Gasteiger partial charge in [-0.2, -0.15) is 0 Å². The number of nitrogens with two attached hydrogens (primary N) is 1. The lowest BCUT2D eigenvalue weighted by atomic mass is 10.1. The number of hydrogen-bond acceptors (Lipinski definition) is 4. The summed E-state index contributed by atoms with van der Waals surface area (Å²) in [5.41, 5.74) is 6.92. The molecule has 0 fully saturated rings. The second-order valence-electron chi connectivity index (χ2n) is 5.54. The monoisotopic (exact) mass is 278 g/mol. The van der Waals surface area contributed by atoms with E-state index in [4.69, 9.17) is 5.73 Å². The molecule has 0 aromatic heterocycles. The van der Waals surface area contributed by atoms with Gasteiger partial charge in [0.1, 0.15) is 0 Å². The summed E-state index contributed by atoms with van der Waals surface area (Å²) < 4.78 is 0. The van der Waals surface area contributed by atoms with Crippen LogP contribution >= 0.6 is 0 Å². The summed E-state index contributed by atoms with van der Waals surface area (Å²) in [6.07, 6.45) is 0. The SMILES string of the molecule is CNC(=O)c1ccc(N)cc1NCC(=O)NC(C)(C)C. The van der Waals surface area contributed by atoms with Crippen LogP contribution in [0, 0.1) is 0 Å². The Labute approximate surface area is 119 Å². The lowest BCUT2D eigenvalue weighted by Gasteiger charge is -2.21. The van der Waals surface area contributed by atoms with E-state index in [1.807, 2.05) is 20.8 Å². The van der Waals surface area contributed by atoms with Crippen LogP contribution in [0.25, 0.3) is 0 Å². The summed E-state index contributed by atoms with van der Waals surface area (Å²) in [6, 6.07) is 4.90. The molecule has 1 aromatic rings. The van der Waals surface area contributed by atoms with Gasteiger partial charge in [0, 0.05) is 24.0 Å². The van der Waals surface area contributed by atoms with Crippen molar-refractivity contribution in [3.63, 3.8) is 0 Å². The third-order valence-electron chi connectivity index (χ3n) is 2.47. The van der Waals surface area contributed by atoms with Crippen LogP contribution < -0.4 is 21.7 Å². The third-order valence-corrected chi connectivity index (χ3v) is 2.47. The van der Waals surface area contributed by atoms with Crippen molar-refractivity contribution in [3.8, 4) is 0 Å². The molecule has 0 saturated carbocycles. The minimum absolute atomic E-state index is 0.0741. The Morgan fingerprint density at radius 1 is 1.25 bits per heavy atom. The first-order valence-electron chi connectivity index (χ1n) is 6.39. The maximum absolute atomic E-state index is 11.8. The van der Waals surface area contributed by atoms with Gasteiger partial charge < -0.3 is 21.7 Å². The van der Waals surface area contributed by atoms with E-state index in [1.165, 1.54) is 0 Å². The molecule has 2 amide bonds. The number of carbonyl (C=O) groups is 2. The Balaban J connectivity index is 2.79. The first-order chi connectivity index (χ1) is 9.23. The highest BCUT2D eigenvalue weighted by Crippen LogP contribution is 2.19. The molecule has 0 radical (unpaired) electrons. The molecule has 6 nitrogen and oxygen atoms in total. The van der Waals surface area contributed by atoms with Crippen LogP contribution in [-0.4, -0.2) is 30.9 Å².